The SMILES string of the molecule is C[C@H](CCc1ccccc1)NC(=O)Cn1c(=O)sc2ccccc21. The molecule has 0 fully saturated rings. The summed E-state index contributed by atoms with van der Waals surface area (Å²) >= 11 is 1.17. The molecule has 0 aliphatic rings. The Morgan fingerprint density at radius 1 is 1.12 bits per heavy atom. The van der Waals surface area contributed by atoms with Gasteiger partial charge in [-0.15, -0.1) is 0 Å². The molecule has 2 aromatic carbocycles. The summed E-state index contributed by atoms with van der Waals surface area (Å²) < 4.78 is 2.45. The standard InChI is InChI=1S/C19H20N2O2S/c1-14(11-12-15-7-3-2-4-8-15)20-18(22)13-21-16-9-5-6-10-17(16)24-19(21)23/h2-10,14H,11-13H2,1H3,(H,20,22)/t14-/m1/s1. The van der Waals surface area contributed by atoms with Gasteiger partial charge in [0.25, 0.3) is 0 Å². The van der Waals surface area contributed by atoms with Gasteiger partial charge in [0.05, 0.1) is 10.2 Å². The van der Waals surface area contributed by atoms with Gasteiger partial charge in [-0.1, -0.05) is 53.8 Å². The van der Waals surface area contributed by atoms with Crippen LogP contribution in [-0.4, -0.2) is 16.5 Å². The van der Waals surface area contributed by atoms with Crippen LogP contribution in [0.25, 0.3) is 10.2 Å². The van der Waals surface area contributed by atoms with E-state index in [4.69, 9.17) is 0 Å². The third-order valence-electron chi connectivity index (χ3n) is 3.99. The molecule has 0 spiro atoms. The molecule has 1 N–H and O–H groups in total. The van der Waals surface area contributed by atoms with E-state index in [1.807, 2.05) is 49.4 Å². The lowest BCUT2D eigenvalue weighted by atomic mass is 10.1. The zero-order chi connectivity index (χ0) is 16.9. The first kappa shape index (κ1) is 16.5. The number of rotatable bonds is 6. The Kier molecular flexibility index (Phi) is 5.11. The van der Waals surface area contributed by atoms with Crippen molar-refractivity contribution >= 4 is 27.5 Å². The summed E-state index contributed by atoms with van der Waals surface area (Å²) in [5.41, 5.74) is 2.08. The number of aromatic nitrogens is 1. The quantitative estimate of drug-likeness (QED) is 0.749. The molecular weight excluding hydrogens is 320 g/mol. The summed E-state index contributed by atoms with van der Waals surface area (Å²) in [5.74, 6) is -0.124. The number of carbonyl (C=O) groups is 1. The second-order valence-corrected chi connectivity index (χ2v) is 6.91. The van der Waals surface area contributed by atoms with E-state index >= 15 is 0 Å². The molecule has 124 valence electrons. The summed E-state index contributed by atoms with van der Waals surface area (Å²) in [7, 11) is 0. The van der Waals surface area contributed by atoms with E-state index in [-0.39, 0.29) is 23.4 Å². The lowest BCUT2D eigenvalue weighted by Gasteiger charge is -2.14. The van der Waals surface area contributed by atoms with Gasteiger partial charge in [0.15, 0.2) is 0 Å². The number of fused-ring (bicyclic) bond motifs is 1. The van der Waals surface area contributed by atoms with Crippen LogP contribution >= 0.6 is 11.3 Å². The molecule has 24 heavy (non-hydrogen) atoms. The van der Waals surface area contributed by atoms with Crippen LogP contribution in [0.15, 0.2) is 59.4 Å². The molecule has 1 atom stereocenters. The molecule has 0 saturated heterocycles. The minimum absolute atomic E-state index is 0.0679. The fraction of sp³-hybridized carbons (Fsp3) is 0.263. The smallest absolute Gasteiger partial charge is 0.308 e. The van der Waals surface area contributed by atoms with Crippen molar-refractivity contribution in [3.05, 3.63) is 69.8 Å². The maximum absolute atomic E-state index is 12.3. The third-order valence-corrected chi connectivity index (χ3v) is 4.95. The minimum atomic E-state index is -0.124. The number of amides is 1. The predicted molar refractivity (Wildman–Crippen MR) is 98.5 cm³/mol. The number of benzene rings is 2. The first-order chi connectivity index (χ1) is 11.6. The number of carbonyl (C=O) groups excluding carboxylic acids is 1. The normalized spacial score (nSPS) is 12.2. The van der Waals surface area contributed by atoms with Crippen LogP contribution in [0.3, 0.4) is 0 Å². The molecule has 1 amide bonds. The number of nitrogens with zero attached hydrogens (tertiary/aromatic N) is 1. The van der Waals surface area contributed by atoms with Gasteiger partial charge in [-0.25, -0.2) is 0 Å². The lowest BCUT2D eigenvalue weighted by Crippen LogP contribution is -2.36. The number of para-hydroxylation sites is 1. The molecule has 3 aromatic rings. The van der Waals surface area contributed by atoms with Crippen LogP contribution in [0.1, 0.15) is 18.9 Å². The van der Waals surface area contributed by atoms with Crippen LogP contribution < -0.4 is 10.2 Å². The molecule has 5 heteroatoms. The van der Waals surface area contributed by atoms with Crippen molar-refractivity contribution in [2.75, 3.05) is 0 Å². The van der Waals surface area contributed by atoms with Gasteiger partial charge in [0.1, 0.15) is 6.54 Å². The van der Waals surface area contributed by atoms with Gasteiger partial charge in [-0.05, 0) is 37.5 Å². The van der Waals surface area contributed by atoms with Crippen LogP contribution in [0.2, 0.25) is 0 Å². The maximum atomic E-state index is 12.3. The average molecular weight is 340 g/mol. The molecular formula is C19H20N2O2S. The van der Waals surface area contributed by atoms with Crippen molar-refractivity contribution in [3.63, 3.8) is 0 Å². The fourth-order valence-electron chi connectivity index (χ4n) is 2.73. The molecule has 4 nitrogen and oxygen atoms in total. The largest absolute Gasteiger partial charge is 0.352 e. The Bertz CT molecular complexity index is 883. The number of hydrogen-bond acceptors (Lipinski definition) is 3. The molecule has 0 aliphatic carbocycles. The van der Waals surface area contributed by atoms with Crippen LogP contribution in [0.4, 0.5) is 0 Å². The summed E-state index contributed by atoms with van der Waals surface area (Å²) in [6, 6.07) is 17.8. The van der Waals surface area contributed by atoms with Gasteiger partial charge in [-0.3, -0.25) is 14.2 Å². The van der Waals surface area contributed by atoms with E-state index < -0.39 is 0 Å². The molecule has 0 aliphatic heterocycles. The van der Waals surface area contributed by atoms with Crippen molar-refractivity contribution in [1.82, 2.24) is 9.88 Å². The highest BCUT2D eigenvalue weighted by Crippen LogP contribution is 2.16. The first-order valence-corrected chi connectivity index (χ1v) is 8.87. The molecule has 0 radical (unpaired) electrons. The highest BCUT2D eigenvalue weighted by Gasteiger charge is 2.12. The number of aryl methyl sites for hydroxylation is 1. The number of thiazole rings is 1. The van der Waals surface area contributed by atoms with E-state index in [0.717, 1.165) is 23.1 Å². The van der Waals surface area contributed by atoms with Crippen molar-refractivity contribution in [3.8, 4) is 0 Å². The third kappa shape index (κ3) is 3.92. The zero-order valence-electron chi connectivity index (χ0n) is 13.6. The molecule has 0 saturated carbocycles. The van der Waals surface area contributed by atoms with Crippen molar-refractivity contribution in [2.24, 2.45) is 0 Å². The second kappa shape index (κ2) is 7.45. The summed E-state index contributed by atoms with van der Waals surface area (Å²) in [6.07, 6.45) is 1.79. The van der Waals surface area contributed by atoms with Gasteiger partial charge in [0, 0.05) is 6.04 Å². The summed E-state index contributed by atoms with van der Waals surface area (Å²) in [4.78, 5) is 24.2. The first-order valence-electron chi connectivity index (χ1n) is 8.05. The Morgan fingerprint density at radius 3 is 2.62 bits per heavy atom. The molecule has 0 unspecified atom stereocenters. The van der Waals surface area contributed by atoms with Crippen LogP contribution in [0.5, 0.6) is 0 Å². The van der Waals surface area contributed by atoms with Gasteiger partial charge < -0.3 is 5.32 Å². The molecule has 1 aromatic heterocycles. The topological polar surface area (TPSA) is 51.1 Å². The zero-order valence-corrected chi connectivity index (χ0v) is 14.4. The summed E-state index contributed by atoms with van der Waals surface area (Å²) in [5, 5.41) is 2.99. The molecule has 0 bridgehead atoms. The Hall–Kier alpha value is -2.40. The van der Waals surface area contributed by atoms with E-state index in [0.29, 0.717) is 0 Å². The minimum Gasteiger partial charge on any atom is -0.352 e. The predicted octanol–water partition coefficient (Wildman–Crippen LogP) is 3.20. The molecule has 1 heterocycles. The fourth-order valence-corrected chi connectivity index (χ4v) is 3.62. The maximum Gasteiger partial charge on any atom is 0.308 e. The van der Waals surface area contributed by atoms with Crippen LogP contribution in [0, 0.1) is 0 Å². The highest BCUT2D eigenvalue weighted by atomic mass is 32.1. The van der Waals surface area contributed by atoms with E-state index in [1.165, 1.54) is 16.9 Å². The van der Waals surface area contributed by atoms with E-state index in [2.05, 4.69) is 17.4 Å². The van der Waals surface area contributed by atoms with Crippen molar-refractivity contribution in [2.45, 2.75) is 32.4 Å². The lowest BCUT2D eigenvalue weighted by molar-refractivity contribution is -0.122. The van der Waals surface area contributed by atoms with Gasteiger partial charge in [-0.2, -0.15) is 0 Å². The average Bonchev–Trinajstić information content (AvgIpc) is 2.90. The Labute approximate surface area is 144 Å². The number of nitrogens with one attached hydrogen (secondary N) is 1. The number of hydrogen-bond donors (Lipinski definition) is 1. The highest BCUT2D eigenvalue weighted by molar-refractivity contribution is 7.16. The van der Waals surface area contributed by atoms with Crippen LogP contribution in [-0.2, 0) is 17.8 Å². The van der Waals surface area contributed by atoms with Crippen molar-refractivity contribution < 1.29 is 4.79 Å². The van der Waals surface area contributed by atoms with E-state index in [1.54, 1.807) is 4.57 Å². The van der Waals surface area contributed by atoms with Crippen molar-refractivity contribution in [1.29, 1.82) is 0 Å². The second-order valence-electron chi connectivity index (χ2n) is 5.91. The molecule has 3 rings (SSSR count). The van der Waals surface area contributed by atoms with Gasteiger partial charge in [0.2, 0.25) is 5.91 Å². The van der Waals surface area contributed by atoms with Gasteiger partial charge >= 0.3 is 4.87 Å². The summed E-state index contributed by atoms with van der Waals surface area (Å²) in [6.45, 7) is 2.06. The monoisotopic (exact) mass is 340 g/mol. The Balaban J connectivity index is 1.58. The Morgan fingerprint density at radius 2 is 1.83 bits per heavy atom. The van der Waals surface area contributed by atoms with E-state index in [9.17, 15) is 9.59 Å².